The summed E-state index contributed by atoms with van der Waals surface area (Å²) in [5, 5.41) is 4.33. The molecule has 40 heavy (non-hydrogen) atoms. The summed E-state index contributed by atoms with van der Waals surface area (Å²) in [7, 11) is 1.29. The number of alkyl carbamates (subject to hydrolysis) is 1. The second-order valence-corrected chi connectivity index (χ2v) is 11.7. The summed E-state index contributed by atoms with van der Waals surface area (Å²) in [6.07, 6.45) is 0.683. The average Bonchev–Trinajstić information content (AvgIpc) is 3.58. The molecule has 0 bridgehead atoms. The van der Waals surface area contributed by atoms with E-state index in [1.807, 2.05) is 41.8 Å². The number of carbonyl (C=O) groups excluding carboxylic acids is 3. The van der Waals surface area contributed by atoms with E-state index in [1.165, 1.54) is 23.3 Å². The normalized spacial score (nSPS) is 14.5. The molecular weight excluding hydrogens is 532 g/mol. The fraction of sp³-hybridized carbons (Fsp3) is 0.483. The fourth-order valence-electron chi connectivity index (χ4n) is 3.62. The van der Waals surface area contributed by atoms with Crippen molar-refractivity contribution < 1.29 is 23.9 Å². The van der Waals surface area contributed by atoms with Crippen LogP contribution in [0.1, 0.15) is 54.4 Å². The monoisotopic (exact) mass is 572 g/mol. The molecule has 4 rings (SSSR count). The van der Waals surface area contributed by atoms with E-state index in [-0.39, 0.29) is 18.0 Å². The van der Waals surface area contributed by atoms with Crippen LogP contribution >= 0.6 is 11.3 Å². The van der Waals surface area contributed by atoms with E-state index in [4.69, 9.17) is 4.74 Å². The number of para-hydroxylation sites is 2. The number of thiophene rings is 1. The van der Waals surface area contributed by atoms with Crippen LogP contribution < -0.4 is 10.9 Å². The van der Waals surface area contributed by atoms with Crippen molar-refractivity contribution in [1.82, 2.24) is 20.2 Å². The minimum Gasteiger partial charge on any atom is -0.467 e. The van der Waals surface area contributed by atoms with Crippen LogP contribution in [0.2, 0.25) is 0 Å². The molecule has 1 aliphatic heterocycles. The Morgan fingerprint density at radius 1 is 1.15 bits per heavy atom. The van der Waals surface area contributed by atoms with Gasteiger partial charge >= 0.3 is 12.1 Å². The van der Waals surface area contributed by atoms with Crippen molar-refractivity contribution in [1.29, 1.82) is 0 Å². The van der Waals surface area contributed by atoms with Gasteiger partial charge in [0.15, 0.2) is 0 Å². The first-order valence-corrected chi connectivity index (χ1v) is 14.1. The standard InChI is InChI=1S/C13H22N2O5.C12H8N2OS.C4H10/c1-13(2,3)20-12(18)14-8-10(16)15-7-5-6-9(15)11(17)19-4;15-12-11(10-6-3-7-16-10)13-8-4-1-2-5-9(8)14-12;1-4(2)3/h9H,5-8H2,1-4H3,(H,14,18);1-7H,(H,14,15);4H,1-3H3. The Hall–Kier alpha value is -3.73. The maximum Gasteiger partial charge on any atom is 0.408 e. The minimum atomic E-state index is -0.653. The lowest BCUT2D eigenvalue weighted by atomic mass is 10.2. The quantitative estimate of drug-likeness (QED) is 0.421. The molecule has 10 nitrogen and oxygen atoms in total. The zero-order valence-corrected chi connectivity index (χ0v) is 25.1. The zero-order chi connectivity index (χ0) is 29.9. The first-order chi connectivity index (χ1) is 18.8. The van der Waals surface area contributed by atoms with Gasteiger partial charge in [-0.1, -0.05) is 39.0 Å². The summed E-state index contributed by atoms with van der Waals surface area (Å²) in [6, 6.07) is 10.8. The van der Waals surface area contributed by atoms with E-state index in [0.717, 1.165) is 28.2 Å². The van der Waals surface area contributed by atoms with E-state index in [2.05, 4.69) is 40.8 Å². The number of hydrogen-bond acceptors (Lipinski definition) is 8. The third kappa shape index (κ3) is 10.4. The number of ether oxygens (including phenoxy) is 2. The number of aromatic nitrogens is 2. The molecule has 1 aromatic carbocycles. The largest absolute Gasteiger partial charge is 0.467 e. The van der Waals surface area contributed by atoms with Crippen molar-refractivity contribution in [3.63, 3.8) is 0 Å². The molecule has 11 heteroatoms. The number of nitrogens with zero attached hydrogens (tertiary/aromatic N) is 2. The van der Waals surface area contributed by atoms with E-state index in [9.17, 15) is 19.2 Å². The molecule has 0 saturated carbocycles. The first-order valence-electron chi connectivity index (χ1n) is 13.2. The lowest BCUT2D eigenvalue weighted by Crippen LogP contribution is -2.46. The van der Waals surface area contributed by atoms with Gasteiger partial charge in [0.05, 0.1) is 23.0 Å². The summed E-state index contributed by atoms with van der Waals surface area (Å²) in [6.45, 7) is 12.0. The molecule has 1 atom stereocenters. The van der Waals surface area contributed by atoms with Gasteiger partial charge in [0.2, 0.25) is 5.91 Å². The molecule has 0 radical (unpaired) electrons. The average molecular weight is 573 g/mol. The SMILES string of the molecule is CC(C)C.COC(=O)C1CCCN1C(=O)CNC(=O)OC(C)(C)C.O=c1[nH]c2ccccc2nc1-c1cccs1. The van der Waals surface area contributed by atoms with Crippen LogP contribution in [0.25, 0.3) is 21.6 Å². The Morgan fingerprint density at radius 3 is 2.42 bits per heavy atom. The Kier molecular flexibility index (Phi) is 12.3. The number of fused-ring (bicyclic) bond motifs is 1. The second kappa shape index (κ2) is 15.2. The highest BCUT2D eigenvalue weighted by molar-refractivity contribution is 7.13. The molecule has 1 unspecified atom stereocenters. The van der Waals surface area contributed by atoms with E-state index in [0.29, 0.717) is 18.7 Å². The van der Waals surface area contributed by atoms with Crippen molar-refractivity contribution >= 4 is 40.3 Å². The highest BCUT2D eigenvalue weighted by Crippen LogP contribution is 2.21. The molecular formula is C29H40N4O6S. The van der Waals surface area contributed by atoms with Crippen molar-refractivity contribution in [3.8, 4) is 10.6 Å². The topological polar surface area (TPSA) is 131 Å². The van der Waals surface area contributed by atoms with Gasteiger partial charge in [-0.15, -0.1) is 11.3 Å². The molecule has 3 heterocycles. The molecule has 1 fully saturated rings. The Bertz CT molecular complexity index is 1310. The van der Waals surface area contributed by atoms with Gasteiger partial charge in [-0.3, -0.25) is 9.59 Å². The number of H-pyrrole nitrogens is 1. The summed E-state index contributed by atoms with van der Waals surface area (Å²) in [5.41, 5.74) is 1.32. The van der Waals surface area contributed by atoms with Crippen LogP contribution in [0.15, 0.2) is 46.6 Å². The molecule has 3 aromatic rings. The molecule has 218 valence electrons. The molecule has 1 saturated heterocycles. The highest BCUT2D eigenvalue weighted by Gasteiger charge is 2.34. The summed E-state index contributed by atoms with van der Waals surface area (Å²) in [4.78, 5) is 56.3. The molecule has 0 aliphatic carbocycles. The van der Waals surface area contributed by atoms with Crippen molar-refractivity contribution in [2.75, 3.05) is 20.2 Å². The molecule has 0 spiro atoms. The number of benzene rings is 1. The third-order valence-electron chi connectivity index (χ3n) is 5.18. The molecule has 1 aliphatic rings. The van der Waals surface area contributed by atoms with Gasteiger partial charge in [-0.2, -0.15) is 0 Å². The zero-order valence-electron chi connectivity index (χ0n) is 24.3. The minimum absolute atomic E-state index is 0.138. The smallest absolute Gasteiger partial charge is 0.408 e. The highest BCUT2D eigenvalue weighted by atomic mass is 32.1. The van der Waals surface area contributed by atoms with Gasteiger partial charge in [-0.25, -0.2) is 14.6 Å². The van der Waals surface area contributed by atoms with Gasteiger partial charge in [0.25, 0.3) is 5.56 Å². The van der Waals surface area contributed by atoms with Crippen molar-refractivity contribution in [3.05, 3.63) is 52.1 Å². The fourth-order valence-corrected chi connectivity index (χ4v) is 4.33. The third-order valence-corrected chi connectivity index (χ3v) is 6.06. The predicted molar refractivity (Wildman–Crippen MR) is 157 cm³/mol. The van der Waals surface area contributed by atoms with Crippen molar-refractivity contribution in [2.24, 2.45) is 5.92 Å². The number of likely N-dealkylation sites (tertiary alicyclic amines) is 1. The number of esters is 1. The van der Waals surface area contributed by atoms with Crippen LogP contribution in [0.5, 0.6) is 0 Å². The van der Waals surface area contributed by atoms with Crippen LogP contribution in [-0.2, 0) is 19.1 Å². The molecule has 2 amide bonds. The number of carbonyl (C=O) groups is 3. The number of nitrogens with one attached hydrogen (secondary N) is 2. The van der Waals surface area contributed by atoms with Crippen LogP contribution in [0, 0.1) is 5.92 Å². The maximum absolute atomic E-state index is 12.0. The van der Waals surface area contributed by atoms with Gasteiger partial charge in [0.1, 0.15) is 23.9 Å². The first kappa shape index (κ1) is 32.5. The second-order valence-electron chi connectivity index (χ2n) is 10.8. The number of methoxy groups -OCH3 is 1. The van der Waals surface area contributed by atoms with Crippen LogP contribution in [0.3, 0.4) is 0 Å². The van der Waals surface area contributed by atoms with Gasteiger partial charge in [0, 0.05) is 6.54 Å². The van der Waals surface area contributed by atoms with E-state index in [1.54, 1.807) is 20.8 Å². The summed E-state index contributed by atoms with van der Waals surface area (Å²) in [5.74, 6) is 0.0943. The number of aromatic amines is 1. The van der Waals surface area contributed by atoms with E-state index < -0.39 is 23.7 Å². The lowest BCUT2D eigenvalue weighted by molar-refractivity contribution is -0.150. The summed E-state index contributed by atoms with van der Waals surface area (Å²) >= 11 is 1.52. The van der Waals surface area contributed by atoms with Crippen LogP contribution in [-0.4, -0.2) is 64.7 Å². The number of rotatable bonds is 4. The number of hydrogen-bond donors (Lipinski definition) is 2. The Labute approximate surface area is 239 Å². The Balaban J connectivity index is 0.000000251. The molecule has 2 aromatic heterocycles. The predicted octanol–water partition coefficient (Wildman–Crippen LogP) is 4.99. The lowest BCUT2D eigenvalue weighted by Gasteiger charge is -2.23. The summed E-state index contributed by atoms with van der Waals surface area (Å²) < 4.78 is 9.69. The number of amides is 2. The maximum atomic E-state index is 12.0. The van der Waals surface area contributed by atoms with Crippen molar-refractivity contribution in [2.45, 2.75) is 66.0 Å². The van der Waals surface area contributed by atoms with Gasteiger partial charge < -0.3 is 24.7 Å². The van der Waals surface area contributed by atoms with E-state index >= 15 is 0 Å². The van der Waals surface area contributed by atoms with Crippen LogP contribution in [0.4, 0.5) is 4.79 Å². The Morgan fingerprint density at radius 2 is 1.82 bits per heavy atom. The van der Waals surface area contributed by atoms with Gasteiger partial charge in [-0.05, 0) is 63.1 Å². The molecule has 2 N–H and O–H groups in total.